The third-order valence-corrected chi connectivity index (χ3v) is 5.80. The summed E-state index contributed by atoms with van der Waals surface area (Å²) >= 11 is 1.47. The molecule has 0 atom stereocenters. The molecule has 34 heavy (non-hydrogen) atoms. The number of carbonyl (C=O) groups excluding carboxylic acids is 2. The van der Waals surface area contributed by atoms with Crippen molar-refractivity contribution in [3.63, 3.8) is 0 Å². The maximum atomic E-state index is 12.6. The number of benzene rings is 2. The summed E-state index contributed by atoms with van der Waals surface area (Å²) in [6.45, 7) is 2.83. The van der Waals surface area contributed by atoms with Gasteiger partial charge in [0.25, 0.3) is 5.91 Å². The number of aromatic nitrogens is 2. The van der Waals surface area contributed by atoms with Gasteiger partial charge in [-0.15, -0.1) is 11.3 Å². The van der Waals surface area contributed by atoms with Crippen molar-refractivity contribution >= 4 is 28.8 Å². The number of hydrogen-bond donors (Lipinski definition) is 2. The SMILES string of the molecule is CCOc1ccccc1-c1nc(CC(=O)Nc2cccc(C(=O)NCc3ccccn3)c2)cs1. The Morgan fingerprint density at radius 3 is 2.68 bits per heavy atom. The molecule has 7 nitrogen and oxygen atoms in total. The summed E-state index contributed by atoms with van der Waals surface area (Å²) < 4.78 is 5.68. The summed E-state index contributed by atoms with van der Waals surface area (Å²) in [4.78, 5) is 33.9. The zero-order valence-corrected chi connectivity index (χ0v) is 19.5. The van der Waals surface area contributed by atoms with Gasteiger partial charge in [-0.3, -0.25) is 14.6 Å². The minimum absolute atomic E-state index is 0.128. The Labute approximate surface area is 201 Å². The molecule has 2 N–H and O–H groups in total. The second kappa shape index (κ2) is 11.2. The van der Waals surface area contributed by atoms with Gasteiger partial charge in [-0.1, -0.05) is 24.3 Å². The second-order valence-corrected chi connectivity index (χ2v) is 8.24. The molecular weight excluding hydrogens is 448 g/mol. The topological polar surface area (TPSA) is 93.2 Å². The molecule has 0 radical (unpaired) electrons. The number of carbonyl (C=O) groups is 2. The van der Waals surface area contributed by atoms with E-state index >= 15 is 0 Å². The fraction of sp³-hybridized carbons (Fsp3) is 0.154. The number of para-hydroxylation sites is 1. The molecule has 0 aliphatic rings. The normalized spacial score (nSPS) is 10.5. The van der Waals surface area contributed by atoms with Crippen molar-refractivity contribution in [3.05, 3.63) is 95.3 Å². The van der Waals surface area contributed by atoms with Crippen molar-refractivity contribution < 1.29 is 14.3 Å². The first kappa shape index (κ1) is 23.1. The highest BCUT2D eigenvalue weighted by Gasteiger charge is 2.13. The standard InChI is InChI=1S/C26H24N4O3S/c1-2-33-23-12-4-3-11-22(23)26-30-21(17-34-26)15-24(31)29-19-10-7-8-18(14-19)25(32)28-16-20-9-5-6-13-27-20/h3-14,17H,2,15-16H2,1H3,(H,28,32)(H,29,31). The van der Waals surface area contributed by atoms with Gasteiger partial charge >= 0.3 is 0 Å². The maximum absolute atomic E-state index is 12.6. The molecule has 2 amide bonds. The maximum Gasteiger partial charge on any atom is 0.251 e. The van der Waals surface area contributed by atoms with Crippen LogP contribution in [0.1, 0.15) is 28.7 Å². The molecule has 0 saturated carbocycles. The second-order valence-electron chi connectivity index (χ2n) is 7.38. The molecule has 0 unspecified atom stereocenters. The monoisotopic (exact) mass is 472 g/mol. The van der Waals surface area contributed by atoms with Crippen LogP contribution in [0.5, 0.6) is 5.75 Å². The van der Waals surface area contributed by atoms with E-state index in [1.807, 2.05) is 54.8 Å². The van der Waals surface area contributed by atoms with Crippen LogP contribution in [0.15, 0.2) is 78.3 Å². The lowest BCUT2D eigenvalue weighted by Crippen LogP contribution is -2.23. The van der Waals surface area contributed by atoms with Gasteiger partial charge in [-0.2, -0.15) is 0 Å². The van der Waals surface area contributed by atoms with Gasteiger partial charge < -0.3 is 15.4 Å². The van der Waals surface area contributed by atoms with Crippen LogP contribution >= 0.6 is 11.3 Å². The number of anilines is 1. The molecule has 0 spiro atoms. The largest absolute Gasteiger partial charge is 0.493 e. The van der Waals surface area contributed by atoms with Crippen LogP contribution in [-0.4, -0.2) is 28.4 Å². The van der Waals surface area contributed by atoms with Gasteiger partial charge in [0.2, 0.25) is 5.91 Å². The highest BCUT2D eigenvalue weighted by molar-refractivity contribution is 7.13. The highest BCUT2D eigenvalue weighted by Crippen LogP contribution is 2.32. The third-order valence-electron chi connectivity index (χ3n) is 4.88. The van der Waals surface area contributed by atoms with Crippen molar-refractivity contribution in [1.29, 1.82) is 0 Å². The summed E-state index contributed by atoms with van der Waals surface area (Å²) in [5, 5.41) is 8.36. The molecule has 8 heteroatoms. The Balaban J connectivity index is 1.36. The van der Waals surface area contributed by atoms with Gasteiger partial charge in [0, 0.05) is 22.8 Å². The quantitative estimate of drug-likeness (QED) is 0.368. The molecule has 4 rings (SSSR count). The highest BCUT2D eigenvalue weighted by atomic mass is 32.1. The molecule has 0 saturated heterocycles. The van der Waals surface area contributed by atoms with Crippen LogP contribution in [0.25, 0.3) is 10.6 Å². The summed E-state index contributed by atoms with van der Waals surface area (Å²) in [7, 11) is 0. The lowest BCUT2D eigenvalue weighted by Gasteiger charge is -2.08. The van der Waals surface area contributed by atoms with E-state index in [1.165, 1.54) is 11.3 Å². The Morgan fingerprint density at radius 2 is 1.85 bits per heavy atom. The number of rotatable bonds is 9. The van der Waals surface area contributed by atoms with Gasteiger partial charge in [0.15, 0.2) is 0 Å². The number of nitrogens with one attached hydrogen (secondary N) is 2. The lowest BCUT2D eigenvalue weighted by atomic mass is 10.1. The average molecular weight is 473 g/mol. The average Bonchev–Trinajstić information content (AvgIpc) is 3.32. The molecule has 0 bridgehead atoms. The van der Waals surface area contributed by atoms with Crippen LogP contribution in [0, 0.1) is 0 Å². The molecule has 2 aromatic carbocycles. The predicted octanol–water partition coefficient (Wildman–Crippen LogP) is 4.72. The van der Waals surface area contributed by atoms with Crippen LogP contribution in [0.4, 0.5) is 5.69 Å². The number of hydrogen-bond acceptors (Lipinski definition) is 6. The number of thiazole rings is 1. The zero-order chi connectivity index (χ0) is 23.8. The zero-order valence-electron chi connectivity index (χ0n) is 18.7. The van der Waals surface area contributed by atoms with Gasteiger partial charge in [0.05, 0.1) is 36.5 Å². The predicted molar refractivity (Wildman–Crippen MR) is 133 cm³/mol. The molecule has 4 aromatic rings. The summed E-state index contributed by atoms with van der Waals surface area (Å²) in [5.74, 6) is 0.327. The number of nitrogens with zero attached hydrogens (tertiary/aromatic N) is 2. The van der Waals surface area contributed by atoms with E-state index in [1.54, 1.807) is 30.5 Å². The first-order valence-corrected chi connectivity index (χ1v) is 11.7. The van der Waals surface area contributed by atoms with Gasteiger partial charge in [0.1, 0.15) is 10.8 Å². The molecule has 0 aliphatic heterocycles. The fourth-order valence-electron chi connectivity index (χ4n) is 3.32. The van der Waals surface area contributed by atoms with E-state index in [2.05, 4.69) is 20.6 Å². The molecule has 2 aromatic heterocycles. The van der Waals surface area contributed by atoms with Crippen molar-refractivity contribution in [2.45, 2.75) is 19.9 Å². The summed E-state index contributed by atoms with van der Waals surface area (Å²) in [6, 6.07) is 20.1. The summed E-state index contributed by atoms with van der Waals surface area (Å²) in [6.07, 6.45) is 1.81. The van der Waals surface area contributed by atoms with Crippen LogP contribution in [0.2, 0.25) is 0 Å². The Bertz CT molecular complexity index is 1270. The first-order valence-electron chi connectivity index (χ1n) is 10.9. The molecule has 2 heterocycles. The van der Waals surface area contributed by atoms with E-state index in [0.29, 0.717) is 30.1 Å². The smallest absolute Gasteiger partial charge is 0.251 e. The van der Waals surface area contributed by atoms with Crippen molar-refractivity contribution in [2.24, 2.45) is 0 Å². The fourth-order valence-corrected chi connectivity index (χ4v) is 4.17. The number of pyridine rings is 1. The number of ether oxygens (including phenoxy) is 1. The van der Waals surface area contributed by atoms with E-state index < -0.39 is 0 Å². The van der Waals surface area contributed by atoms with Gasteiger partial charge in [-0.05, 0) is 49.4 Å². The van der Waals surface area contributed by atoms with Crippen LogP contribution in [-0.2, 0) is 17.8 Å². The Morgan fingerprint density at radius 1 is 1.00 bits per heavy atom. The summed E-state index contributed by atoms with van der Waals surface area (Å²) in [5.41, 5.74) is 3.36. The van der Waals surface area contributed by atoms with Crippen LogP contribution < -0.4 is 15.4 Å². The van der Waals surface area contributed by atoms with Crippen molar-refractivity contribution in [1.82, 2.24) is 15.3 Å². The number of amides is 2. The van der Waals surface area contributed by atoms with E-state index in [9.17, 15) is 9.59 Å². The minimum atomic E-state index is -0.237. The lowest BCUT2D eigenvalue weighted by molar-refractivity contribution is -0.115. The molecule has 0 fully saturated rings. The first-order chi connectivity index (χ1) is 16.6. The van der Waals surface area contributed by atoms with Gasteiger partial charge in [-0.25, -0.2) is 4.98 Å². The van der Waals surface area contributed by atoms with E-state index in [4.69, 9.17) is 4.74 Å². The van der Waals surface area contributed by atoms with Crippen LogP contribution in [0.3, 0.4) is 0 Å². The van der Waals surface area contributed by atoms with E-state index in [-0.39, 0.29) is 18.2 Å². The molecular formula is C26H24N4O3S. The Kier molecular flexibility index (Phi) is 7.62. The molecule has 0 aliphatic carbocycles. The van der Waals surface area contributed by atoms with E-state index in [0.717, 1.165) is 22.0 Å². The third kappa shape index (κ3) is 6.05. The van der Waals surface area contributed by atoms with Crippen molar-refractivity contribution in [2.75, 3.05) is 11.9 Å². The molecule has 172 valence electrons. The minimum Gasteiger partial charge on any atom is -0.493 e. The van der Waals surface area contributed by atoms with Crippen molar-refractivity contribution in [3.8, 4) is 16.3 Å². The Hall–Kier alpha value is -4.04.